The molecule has 18 heavy (non-hydrogen) atoms. The quantitative estimate of drug-likeness (QED) is 0.597. The number of rotatable bonds is 2. The molecule has 0 saturated carbocycles. The van der Waals surface area contributed by atoms with E-state index in [2.05, 4.69) is 22.6 Å². The van der Waals surface area contributed by atoms with E-state index in [0.717, 1.165) is 5.56 Å². The molecule has 2 unspecified atom stereocenters. The van der Waals surface area contributed by atoms with Gasteiger partial charge in [-0.15, -0.1) is 0 Å². The Morgan fingerprint density at radius 3 is 2.83 bits per heavy atom. The molecule has 98 valence electrons. The Balaban J connectivity index is 1.82. The molecular formula is C13H15FINO2. The van der Waals surface area contributed by atoms with E-state index in [9.17, 15) is 9.18 Å². The fourth-order valence-electron chi connectivity index (χ4n) is 1.85. The van der Waals surface area contributed by atoms with Crippen LogP contribution in [0.15, 0.2) is 30.3 Å². The molecule has 1 heterocycles. The smallest absolute Gasteiger partial charge is 0.410 e. The maximum atomic E-state index is 13.5. The van der Waals surface area contributed by atoms with E-state index in [0.29, 0.717) is 13.0 Å². The summed E-state index contributed by atoms with van der Waals surface area (Å²) in [6.07, 6.45) is -0.698. The third-order valence-electron chi connectivity index (χ3n) is 2.93. The van der Waals surface area contributed by atoms with Gasteiger partial charge in [-0.2, -0.15) is 0 Å². The summed E-state index contributed by atoms with van der Waals surface area (Å²) in [5.41, 5.74) is 0.937. The van der Waals surface area contributed by atoms with E-state index < -0.39 is 12.3 Å². The molecule has 0 aromatic heterocycles. The maximum absolute atomic E-state index is 13.5. The van der Waals surface area contributed by atoms with Gasteiger partial charge in [0.25, 0.3) is 0 Å². The number of piperidine rings is 1. The van der Waals surface area contributed by atoms with Gasteiger partial charge in [0.15, 0.2) is 0 Å². The van der Waals surface area contributed by atoms with Gasteiger partial charge < -0.3 is 9.64 Å². The summed E-state index contributed by atoms with van der Waals surface area (Å²) in [7, 11) is 0. The number of halogens is 2. The molecule has 5 heteroatoms. The SMILES string of the molecule is O=C(OCc1ccccc1)N1CCC(I)C(F)C1. The number of benzene rings is 1. The van der Waals surface area contributed by atoms with E-state index in [1.54, 1.807) is 0 Å². The van der Waals surface area contributed by atoms with Gasteiger partial charge >= 0.3 is 6.09 Å². The van der Waals surface area contributed by atoms with E-state index in [4.69, 9.17) is 4.74 Å². The van der Waals surface area contributed by atoms with Crippen LogP contribution in [0.5, 0.6) is 0 Å². The zero-order valence-corrected chi connectivity index (χ0v) is 12.0. The van der Waals surface area contributed by atoms with Crippen LogP contribution in [0.25, 0.3) is 0 Å². The van der Waals surface area contributed by atoms with E-state index >= 15 is 0 Å². The lowest BCUT2D eigenvalue weighted by Gasteiger charge is -2.31. The average molecular weight is 363 g/mol. The van der Waals surface area contributed by atoms with Crippen LogP contribution in [-0.4, -0.2) is 34.2 Å². The molecule has 1 saturated heterocycles. The Labute approximate surface area is 119 Å². The van der Waals surface area contributed by atoms with Gasteiger partial charge in [-0.3, -0.25) is 0 Å². The number of hydrogen-bond acceptors (Lipinski definition) is 2. The van der Waals surface area contributed by atoms with Crippen molar-refractivity contribution in [2.24, 2.45) is 0 Å². The molecule has 1 aliphatic heterocycles. The maximum Gasteiger partial charge on any atom is 0.410 e. The monoisotopic (exact) mass is 363 g/mol. The highest BCUT2D eigenvalue weighted by atomic mass is 127. The summed E-state index contributed by atoms with van der Waals surface area (Å²) < 4.78 is 18.7. The summed E-state index contributed by atoms with van der Waals surface area (Å²) in [6.45, 7) is 0.948. The molecule has 1 amide bonds. The van der Waals surface area contributed by atoms with E-state index in [1.807, 2.05) is 30.3 Å². The van der Waals surface area contributed by atoms with Gasteiger partial charge in [0.05, 0.1) is 6.54 Å². The second-order valence-electron chi connectivity index (χ2n) is 4.31. The van der Waals surface area contributed by atoms with Crippen molar-refractivity contribution >= 4 is 28.7 Å². The van der Waals surface area contributed by atoms with Crippen molar-refractivity contribution in [2.45, 2.75) is 23.1 Å². The summed E-state index contributed by atoms with van der Waals surface area (Å²) in [5.74, 6) is 0. The second kappa shape index (κ2) is 6.36. The zero-order valence-electron chi connectivity index (χ0n) is 9.89. The number of likely N-dealkylation sites (tertiary alicyclic amines) is 1. The topological polar surface area (TPSA) is 29.5 Å². The first kappa shape index (κ1) is 13.6. The molecule has 1 aromatic carbocycles. The minimum Gasteiger partial charge on any atom is -0.445 e. The molecule has 1 fully saturated rings. The predicted octanol–water partition coefficient (Wildman–Crippen LogP) is 3.17. The van der Waals surface area contributed by atoms with Gasteiger partial charge in [-0.1, -0.05) is 52.9 Å². The normalized spacial score (nSPS) is 23.8. The first-order chi connectivity index (χ1) is 8.66. The highest BCUT2D eigenvalue weighted by Crippen LogP contribution is 2.21. The molecule has 3 nitrogen and oxygen atoms in total. The van der Waals surface area contributed by atoms with Crippen LogP contribution in [0.2, 0.25) is 0 Å². The molecule has 0 spiro atoms. The second-order valence-corrected chi connectivity index (χ2v) is 5.91. The molecule has 1 aromatic rings. The molecule has 1 aliphatic rings. The van der Waals surface area contributed by atoms with Crippen molar-refractivity contribution in [2.75, 3.05) is 13.1 Å². The fourth-order valence-corrected chi connectivity index (χ4v) is 2.36. The van der Waals surface area contributed by atoms with Crippen LogP contribution in [0, 0.1) is 0 Å². The summed E-state index contributed by atoms with van der Waals surface area (Å²) >= 11 is 2.09. The number of carbonyl (C=O) groups excluding carboxylic acids is 1. The minimum absolute atomic E-state index is 0.000716. The fraction of sp³-hybridized carbons (Fsp3) is 0.462. The molecular weight excluding hydrogens is 348 g/mol. The Bertz CT molecular complexity index is 401. The van der Waals surface area contributed by atoms with Gasteiger partial charge in [0.2, 0.25) is 0 Å². The Morgan fingerprint density at radius 1 is 1.44 bits per heavy atom. The molecule has 0 N–H and O–H groups in total. The van der Waals surface area contributed by atoms with E-state index in [-0.39, 0.29) is 17.1 Å². The molecule has 2 rings (SSSR count). The van der Waals surface area contributed by atoms with Crippen molar-refractivity contribution in [1.82, 2.24) is 4.90 Å². The van der Waals surface area contributed by atoms with Crippen molar-refractivity contribution in [3.8, 4) is 0 Å². The van der Waals surface area contributed by atoms with Gasteiger partial charge in [0.1, 0.15) is 12.8 Å². The van der Waals surface area contributed by atoms with Crippen molar-refractivity contribution in [3.05, 3.63) is 35.9 Å². The standard InChI is InChI=1S/C13H15FINO2/c14-11-8-16(7-6-12(11)15)13(17)18-9-10-4-2-1-3-5-10/h1-5,11-12H,6-9H2. The minimum atomic E-state index is -0.955. The average Bonchev–Trinajstić information content (AvgIpc) is 2.40. The number of carbonyl (C=O) groups is 1. The van der Waals surface area contributed by atoms with Crippen molar-refractivity contribution in [1.29, 1.82) is 0 Å². The molecule has 0 bridgehead atoms. The lowest BCUT2D eigenvalue weighted by atomic mass is 10.1. The van der Waals surface area contributed by atoms with Crippen LogP contribution in [0.3, 0.4) is 0 Å². The van der Waals surface area contributed by atoms with Crippen molar-refractivity contribution < 1.29 is 13.9 Å². The summed E-state index contributed by atoms with van der Waals surface area (Å²) in [5, 5.41) is 0. The van der Waals surface area contributed by atoms with Crippen LogP contribution in [0.4, 0.5) is 9.18 Å². The first-order valence-corrected chi connectivity index (χ1v) is 7.15. The summed E-state index contributed by atoms with van der Waals surface area (Å²) in [6, 6.07) is 9.47. The predicted molar refractivity (Wildman–Crippen MR) is 75.5 cm³/mol. The van der Waals surface area contributed by atoms with Crippen LogP contribution in [0.1, 0.15) is 12.0 Å². The molecule has 0 aliphatic carbocycles. The number of hydrogen-bond donors (Lipinski definition) is 0. The Hall–Kier alpha value is -0.850. The summed E-state index contributed by atoms with van der Waals surface area (Å²) in [4.78, 5) is 13.2. The zero-order chi connectivity index (χ0) is 13.0. The lowest BCUT2D eigenvalue weighted by molar-refractivity contribution is 0.0747. The third-order valence-corrected chi connectivity index (χ3v) is 4.33. The number of ether oxygens (including phenoxy) is 1. The van der Waals surface area contributed by atoms with Gasteiger partial charge in [-0.25, -0.2) is 9.18 Å². The van der Waals surface area contributed by atoms with Gasteiger partial charge in [0, 0.05) is 10.5 Å². The highest BCUT2D eigenvalue weighted by molar-refractivity contribution is 14.1. The van der Waals surface area contributed by atoms with Crippen molar-refractivity contribution in [3.63, 3.8) is 0 Å². The molecule has 0 radical (unpaired) electrons. The Morgan fingerprint density at radius 2 is 2.17 bits per heavy atom. The van der Waals surface area contributed by atoms with Crippen LogP contribution < -0.4 is 0 Å². The number of nitrogens with zero attached hydrogens (tertiary/aromatic N) is 1. The van der Waals surface area contributed by atoms with Crippen LogP contribution >= 0.6 is 22.6 Å². The lowest BCUT2D eigenvalue weighted by Crippen LogP contribution is -2.45. The first-order valence-electron chi connectivity index (χ1n) is 5.90. The van der Waals surface area contributed by atoms with Gasteiger partial charge in [-0.05, 0) is 12.0 Å². The third kappa shape index (κ3) is 3.57. The highest BCUT2D eigenvalue weighted by Gasteiger charge is 2.30. The van der Waals surface area contributed by atoms with E-state index in [1.165, 1.54) is 4.90 Å². The number of amides is 1. The Kier molecular flexibility index (Phi) is 4.79. The van der Waals surface area contributed by atoms with Crippen LogP contribution in [-0.2, 0) is 11.3 Å². The number of alkyl halides is 2. The largest absolute Gasteiger partial charge is 0.445 e. The molecule has 2 atom stereocenters.